The van der Waals surface area contributed by atoms with Gasteiger partial charge in [0.2, 0.25) is 10.0 Å². The number of nitrogens with zero attached hydrogens (tertiary/aromatic N) is 1. The number of nitro groups is 1. The molecule has 1 fully saturated rings. The third-order valence-corrected chi connectivity index (χ3v) is 4.80. The summed E-state index contributed by atoms with van der Waals surface area (Å²) < 4.78 is 27.1. The first-order chi connectivity index (χ1) is 9.38. The van der Waals surface area contributed by atoms with Gasteiger partial charge in [0.05, 0.1) is 9.82 Å². The van der Waals surface area contributed by atoms with Crippen molar-refractivity contribution in [2.45, 2.75) is 36.7 Å². The van der Waals surface area contributed by atoms with E-state index < -0.39 is 14.9 Å². The molecule has 2 N–H and O–H groups in total. The maximum absolute atomic E-state index is 12.2. The van der Waals surface area contributed by atoms with Crippen LogP contribution < -0.4 is 10.0 Å². The monoisotopic (exact) mass is 335 g/mol. The van der Waals surface area contributed by atoms with Crippen molar-refractivity contribution in [1.82, 2.24) is 10.0 Å². The average Bonchev–Trinajstić information content (AvgIpc) is 2.38. The molecule has 1 heterocycles. The third kappa shape index (κ3) is 4.63. The fraction of sp³-hybridized carbons (Fsp3) is 0.500. The molecular formula is C12H18ClN3O4S. The molecule has 1 aromatic carbocycles. The molecule has 1 aromatic rings. The van der Waals surface area contributed by atoms with Crippen LogP contribution in [0.2, 0.25) is 0 Å². The minimum Gasteiger partial charge on any atom is -0.314 e. The number of rotatable bonds is 4. The summed E-state index contributed by atoms with van der Waals surface area (Å²) in [7, 11) is -3.72. The molecule has 1 saturated heterocycles. The highest BCUT2D eigenvalue weighted by molar-refractivity contribution is 7.89. The van der Waals surface area contributed by atoms with Crippen molar-refractivity contribution in [3.8, 4) is 0 Å². The summed E-state index contributed by atoms with van der Waals surface area (Å²) in [5, 5.41) is 13.9. The van der Waals surface area contributed by atoms with Crippen LogP contribution in [0.25, 0.3) is 0 Å². The summed E-state index contributed by atoms with van der Waals surface area (Å²) in [5.74, 6) is 0. The maximum Gasteiger partial charge on any atom is 0.270 e. The van der Waals surface area contributed by atoms with Crippen LogP contribution in [0.15, 0.2) is 29.2 Å². The second-order valence-corrected chi connectivity index (χ2v) is 6.67. The lowest BCUT2D eigenvalue weighted by molar-refractivity contribution is -0.385. The molecular weight excluding hydrogens is 318 g/mol. The topological polar surface area (TPSA) is 101 Å². The highest BCUT2D eigenvalue weighted by atomic mass is 35.5. The molecule has 0 aromatic heterocycles. The van der Waals surface area contributed by atoms with Gasteiger partial charge in [0.15, 0.2) is 0 Å². The summed E-state index contributed by atoms with van der Waals surface area (Å²) in [6.07, 6.45) is 1.41. The first-order valence-electron chi connectivity index (χ1n) is 6.38. The number of sulfonamides is 1. The van der Waals surface area contributed by atoms with Crippen LogP contribution in [-0.4, -0.2) is 32.0 Å². The largest absolute Gasteiger partial charge is 0.314 e. The highest BCUT2D eigenvalue weighted by Gasteiger charge is 2.25. The number of hydrogen-bond donors (Lipinski definition) is 2. The molecule has 9 heteroatoms. The molecule has 0 bridgehead atoms. The van der Waals surface area contributed by atoms with Gasteiger partial charge >= 0.3 is 0 Å². The zero-order valence-corrected chi connectivity index (χ0v) is 13.1. The van der Waals surface area contributed by atoms with Gasteiger partial charge in [-0.05, 0) is 32.4 Å². The molecule has 2 atom stereocenters. The lowest BCUT2D eigenvalue weighted by Gasteiger charge is -2.28. The third-order valence-electron chi connectivity index (χ3n) is 3.28. The summed E-state index contributed by atoms with van der Waals surface area (Å²) in [4.78, 5) is 10.0. The number of hydrogen-bond acceptors (Lipinski definition) is 5. The van der Waals surface area contributed by atoms with Crippen molar-refractivity contribution < 1.29 is 13.3 Å². The number of halogens is 1. The molecule has 2 unspecified atom stereocenters. The van der Waals surface area contributed by atoms with Crippen molar-refractivity contribution in [2.75, 3.05) is 6.54 Å². The second-order valence-electron chi connectivity index (χ2n) is 4.95. The predicted molar refractivity (Wildman–Crippen MR) is 81.2 cm³/mol. The quantitative estimate of drug-likeness (QED) is 0.640. The van der Waals surface area contributed by atoms with Gasteiger partial charge in [0, 0.05) is 24.2 Å². The molecule has 0 amide bonds. The smallest absolute Gasteiger partial charge is 0.270 e. The molecule has 118 valence electrons. The van der Waals surface area contributed by atoms with Gasteiger partial charge in [-0.15, -0.1) is 12.4 Å². The zero-order valence-electron chi connectivity index (χ0n) is 11.5. The molecule has 2 rings (SSSR count). The Labute approximate surface area is 129 Å². The normalized spacial score (nSPS) is 22.3. The van der Waals surface area contributed by atoms with Crippen molar-refractivity contribution in [1.29, 1.82) is 0 Å². The van der Waals surface area contributed by atoms with E-state index in [1.165, 1.54) is 18.2 Å². The molecule has 0 spiro atoms. The van der Waals surface area contributed by atoms with E-state index in [1.54, 1.807) is 0 Å². The van der Waals surface area contributed by atoms with Crippen LogP contribution in [0, 0.1) is 10.1 Å². The van der Waals surface area contributed by atoms with Crippen molar-refractivity contribution in [3.63, 3.8) is 0 Å². The molecule has 1 aliphatic rings. The van der Waals surface area contributed by atoms with E-state index in [0.29, 0.717) is 12.8 Å². The van der Waals surface area contributed by atoms with E-state index >= 15 is 0 Å². The minimum absolute atomic E-state index is 0. The number of benzene rings is 1. The second kappa shape index (κ2) is 7.17. The average molecular weight is 336 g/mol. The van der Waals surface area contributed by atoms with Crippen molar-refractivity contribution >= 4 is 28.1 Å². The summed E-state index contributed by atoms with van der Waals surface area (Å²) in [6.45, 7) is 2.75. The van der Waals surface area contributed by atoms with Crippen molar-refractivity contribution in [3.05, 3.63) is 34.4 Å². The fourth-order valence-electron chi connectivity index (χ4n) is 2.29. The van der Waals surface area contributed by atoms with Gasteiger partial charge in [0.1, 0.15) is 0 Å². The van der Waals surface area contributed by atoms with Crippen LogP contribution in [0.3, 0.4) is 0 Å². The Bertz CT molecular complexity index is 608. The molecule has 0 aliphatic carbocycles. The van der Waals surface area contributed by atoms with E-state index in [0.717, 1.165) is 12.6 Å². The van der Waals surface area contributed by atoms with E-state index in [-0.39, 0.29) is 35.1 Å². The van der Waals surface area contributed by atoms with Crippen LogP contribution in [0.1, 0.15) is 19.8 Å². The van der Waals surface area contributed by atoms with E-state index in [4.69, 9.17) is 0 Å². The Morgan fingerprint density at radius 3 is 2.76 bits per heavy atom. The van der Waals surface area contributed by atoms with Gasteiger partial charge in [-0.25, -0.2) is 13.1 Å². The van der Waals surface area contributed by atoms with Crippen molar-refractivity contribution in [2.24, 2.45) is 0 Å². The molecule has 0 radical (unpaired) electrons. The Morgan fingerprint density at radius 1 is 1.43 bits per heavy atom. The summed E-state index contributed by atoms with van der Waals surface area (Å²) in [5.41, 5.74) is -0.230. The first kappa shape index (κ1) is 17.8. The Balaban J connectivity index is 0.00000220. The lowest BCUT2D eigenvalue weighted by Crippen LogP contribution is -2.46. The number of non-ortho nitro benzene ring substituents is 1. The maximum atomic E-state index is 12.2. The van der Waals surface area contributed by atoms with Gasteiger partial charge in [0.25, 0.3) is 5.69 Å². The number of piperidine rings is 1. The fourth-order valence-corrected chi connectivity index (χ4v) is 3.61. The van der Waals surface area contributed by atoms with Gasteiger partial charge < -0.3 is 5.32 Å². The predicted octanol–water partition coefficient (Wildman–Crippen LogP) is 1.44. The molecule has 0 saturated carbocycles. The number of nitrogens with one attached hydrogen (secondary N) is 2. The molecule has 21 heavy (non-hydrogen) atoms. The standard InChI is InChI=1S/C12H17N3O4S.ClH/c1-9-7-10(5-6-13-9)14-20(18,19)12-4-2-3-11(8-12)15(16)17;/h2-4,8-10,13-14H,5-7H2,1H3;1H. The number of nitro benzene ring substituents is 1. The van der Waals surface area contributed by atoms with E-state index in [9.17, 15) is 18.5 Å². The summed E-state index contributed by atoms with van der Waals surface area (Å²) >= 11 is 0. The van der Waals surface area contributed by atoms with Crippen LogP contribution >= 0.6 is 12.4 Å². The molecule has 1 aliphatic heterocycles. The van der Waals surface area contributed by atoms with Crippen LogP contribution in [-0.2, 0) is 10.0 Å². The zero-order chi connectivity index (χ0) is 14.8. The SMILES string of the molecule is CC1CC(NS(=O)(=O)c2cccc([N+](=O)[O-])c2)CCN1.Cl. The van der Waals surface area contributed by atoms with Gasteiger partial charge in [-0.2, -0.15) is 0 Å². The van der Waals surface area contributed by atoms with Gasteiger partial charge in [-0.3, -0.25) is 10.1 Å². The Morgan fingerprint density at radius 2 is 2.14 bits per heavy atom. The van der Waals surface area contributed by atoms with E-state index in [1.807, 2.05) is 6.92 Å². The van der Waals surface area contributed by atoms with Gasteiger partial charge in [-0.1, -0.05) is 6.07 Å². The Hall–Kier alpha value is -1.22. The van der Waals surface area contributed by atoms with Crippen LogP contribution in [0.4, 0.5) is 5.69 Å². The first-order valence-corrected chi connectivity index (χ1v) is 7.87. The van der Waals surface area contributed by atoms with E-state index in [2.05, 4.69) is 10.0 Å². The Kier molecular flexibility index (Phi) is 6.09. The minimum atomic E-state index is -3.72. The molecule has 7 nitrogen and oxygen atoms in total. The van der Waals surface area contributed by atoms with Crippen LogP contribution in [0.5, 0.6) is 0 Å². The highest BCUT2D eigenvalue weighted by Crippen LogP contribution is 2.19. The lowest BCUT2D eigenvalue weighted by atomic mass is 10.0. The summed E-state index contributed by atoms with van der Waals surface area (Å²) in [6, 6.07) is 5.19.